The predicted octanol–water partition coefficient (Wildman–Crippen LogP) is 3.25. The van der Waals surface area contributed by atoms with E-state index in [2.05, 4.69) is 43.2 Å². The van der Waals surface area contributed by atoms with Crippen LogP contribution in [0.1, 0.15) is 50.9 Å². The average Bonchev–Trinajstić information content (AvgIpc) is 2.36. The number of nitrogens with one attached hydrogen (secondary N) is 1. The summed E-state index contributed by atoms with van der Waals surface area (Å²) in [6, 6.07) is 4.59. The van der Waals surface area contributed by atoms with Gasteiger partial charge in [0, 0.05) is 25.0 Å². The highest BCUT2D eigenvalue weighted by atomic mass is 16.5. The third kappa shape index (κ3) is 4.75. The monoisotopic (exact) mass is 250 g/mol. The number of hydrogen-bond donors (Lipinski definition) is 1. The maximum absolute atomic E-state index is 5.48. The van der Waals surface area contributed by atoms with Gasteiger partial charge in [-0.25, -0.2) is 0 Å². The van der Waals surface area contributed by atoms with Gasteiger partial charge in [-0.05, 0) is 51.8 Å². The van der Waals surface area contributed by atoms with Gasteiger partial charge in [0.05, 0.1) is 5.60 Å². The van der Waals surface area contributed by atoms with Crippen molar-refractivity contribution in [1.29, 1.82) is 0 Å². The summed E-state index contributed by atoms with van der Waals surface area (Å²) in [4.78, 5) is 4.38. The molecule has 1 rings (SSSR count). The lowest BCUT2D eigenvalue weighted by Gasteiger charge is -2.26. The number of ether oxygens (including phenoxy) is 1. The molecule has 102 valence electrons. The minimum Gasteiger partial charge on any atom is -0.379 e. The van der Waals surface area contributed by atoms with Crippen LogP contribution >= 0.6 is 0 Å². The van der Waals surface area contributed by atoms with E-state index < -0.39 is 0 Å². The smallest absolute Gasteiger partial charge is 0.0623 e. The molecule has 0 fully saturated rings. The van der Waals surface area contributed by atoms with E-state index >= 15 is 0 Å². The lowest BCUT2D eigenvalue weighted by molar-refractivity contribution is 0.0117. The third-order valence-electron chi connectivity index (χ3n) is 3.37. The Morgan fingerprint density at radius 1 is 1.39 bits per heavy atom. The van der Waals surface area contributed by atoms with E-state index in [1.54, 1.807) is 7.11 Å². The number of nitrogens with zero attached hydrogens (tertiary/aromatic N) is 1. The molecule has 1 unspecified atom stereocenters. The van der Waals surface area contributed by atoms with Crippen molar-refractivity contribution in [1.82, 2.24) is 10.3 Å². The molecule has 1 N–H and O–H groups in total. The molecule has 0 spiro atoms. The zero-order valence-corrected chi connectivity index (χ0v) is 12.3. The van der Waals surface area contributed by atoms with Gasteiger partial charge in [-0.2, -0.15) is 0 Å². The van der Waals surface area contributed by atoms with Gasteiger partial charge in [0.25, 0.3) is 0 Å². The first-order valence-corrected chi connectivity index (χ1v) is 6.69. The summed E-state index contributed by atoms with van der Waals surface area (Å²) in [7, 11) is 1.77. The zero-order valence-electron chi connectivity index (χ0n) is 12.3. The van der Waals surface area contributed by atoms with Gasteiger partial charge < -0.3 is 10.1 Å². The number of pyridine rings is 1. The number of aryl methyl sites for hydroxylation is 1. The Hall–Kier alpha value is -0.930. The first kappa shape index (κ1) is 15.1. The molecular weight excluding hydrogens is 224 g/mol. The summed E-state index contributed by atoms with van der Waals surface area (Å²) in [6.45, 7) is 9.37. The number of methoxy groups -OCH3 is 1. The standard InChI is InChI=1S/C15H26N2O/c1-6-16-14(9-10-15(3,4)18-5)13-8-7-12(2)17-11-13/h7-8,11,14,16H,6,9-10H2,1-5H3. The normalized spacial score (nSPS) is 13.6. The van der Waals surface area contributed by atoms with Crippen molar-refractivity contribution >= 4 is 0 Å². The summed E-state index contributed by atoms with van der Waals surface area (Å²) in [5, 5.41) is 3.52. The van der Waals surface area contributed by atoms with Crippen LogP contribution in [0, 0.1) is 6.92 Å². The molecule has 0 amide bonds. The zero-order chi connectivity index (χ0) is 13.6. The average molecular weight is 250 g/mol. The Morgan fingerprint density at radius 2 is 2.11 bits per heavy atom. The first-order valence-electron chi connectivity index (χ1n) is 6.69. The molecule has 1 atom stereocenters. The van der Waals surface area contributed by atoms with Gasteiger partial charge in [-0.3, -0.25) is 4.98 Å². The van der Waals surface area contributed by atoms with Gasteiger partial charge in [-0.1, -0.05) is 13.0 Å². The van der Waals surface area contributed by atoms with Crippen LogP contribution in [0.2, 0.25) is 0 Å². The van der Waals surface area contributed by atoms with Crippen molar-refractivity contribution in [3.05, 3.63) is 29.6 Å². The van der Waals surface area contributed by atoms with Crippen LogP contribution in [0.15, 0.2) is 18.3 Å². The Labute approximate surface area is 111 Å². The van der Waals surface area contributed by atoms with E-state index in [-0.39, 0.29) is 5.60 Å². The van der Waals surface area contributed by atoms with E-state index in [4.69, 9.17) is 4.74 Å². The molecular formula is C15H26N2O. The van der Waals surface area contributed by atoms with Crippen molar-refractivity contribution in [2.45, 2.75) is 52.2 Å². The van der Waals surface area contributed by atoms with Gasteiger partial charge in [-0.15, -0.1) is 0 Å². The highest BCUT2D eigenvalue weighted by molar-refractivity contribution is 5.17. The summed E-state index contributed by atoms with van der Waals surface area (Å²) >= 11 is 0. The second-order valence-electron chi connectivity index (χ2n) is 5.35. The molecule has 0 bridgehead atoms. The Morgan fingerprint density at radius 3 is 2.61 bits per heavy atom. The summed E-state index contributed by atoms with van der Waals surface area (Å²) in [5.74, 6) is 0. The van der Waals surface area contributed by atoms with Crippen molar-refractivity contribution < 1.29 is 4.74 Å². The molecule has 18 heavy (non-hydrogen) atoms. The second kappa shape index (κ2) is 6.86. The Balaban J connectivity index is 2.68. The number of hydrogen-bond acceptors (Lipinski definition) is 3. The van der Waals surface area contributed by atoms with Gasteiger partial charge >= 0.3 is 0 Å². The first-order chi connectivity index (χ1) is 8.48. The maximum atomic E-state index is 5.48. The van der Waals surface area contributed by atoms with E-state index in [1.807, 2.05) is 13.1 Å². The summed E-state index contributed by atoms with van der Waals surface area (Å²) in [6.07, 6.45) is 4.05. The highest BCUT2D eigenvalue weighted by Gasteiger charge is 2.19. The molecule has 1 aromatic rings. The number of aromatic nitrogens is 1. The van der Waals surface area contributed by atoms with Crippen molar-refractivity contribution in [2.24, 2.45) is 0 Å². The van der Waals surface area contributed by atoms with Crippen LogP contribution in [0.5, 0.6) is 0 Å². The maximum Gasteiger partial charge on any atom is 0.0623 e. The molecule has 0 saturated carbocycles. The molecule has 1 aromatic heterocycles. The molecule has 0 aromatic carbocycles. The molecule has 1 heterocycles. The largest absolute Gasteiger partial charge is 0.379 e. The fourth-order valence-corrected chi connectivity index (χ4v) is 1.91. The van der Waals surface area contributed by atoms with Gasteiger partial charge in [0.1, 0.15) is 0 Å². The van der Waals surface area contributed by atoms with Crippen LogP contribution in [0.25, 0.3) is 0 Å². The van der Waals surface area contributed by atoms with Gasteiger partial charge in [0.15, 0.2) is 0 Å². The molecule has 0 aliphatic carbocycles. The van der Waals surface area contributed by atoms with Crippen LogP contribution in [-0.2, 0) is 4.74 Å². The molecule has 3 nitrogen and oxygen atoms in total. The van der Waals surface area contributed by atoms with E-state index in [0.717, 1.165) is 25.1 Å². The minimum atomic E-state index is -0.0637. The summed E-state index contributed by atoms with van der Waals surface area (Å²) in [5.41, 5.74) is 2.26. The lowest BCUT2D eigenvalue weighted by atomic mass is 9.95. The van der Waals surface area contributed by atoms with Crippen molar-refractivity contribution in [3.8, 4) is 0 Å². The molecule has 0 aliphatic rings. The Kier molecular flexibility index (Phi) is 5.76. The van der Waals surface area contributed by atoms with E-state index in [1.165, 1.54) is 5.56 Å². The molecule has 0 saturated heterocycles. The van der Waals surface area contributed by atoms with Crippen LogP contribution < -0.4 is 5.32 Å². The van der Waals surface area contributed by atoms with Crippen LogP contribution in [0.4, 0.5) is 0 Å². The van der Waals surface area contributed by atoms with Crippen molar-refractivity contribution in [3.63, 3.8) is 0 Å². The number of rotatable bonds is 7. The Bertz CT molecular complexity index is 346. The van der Waals surface area contributed by atoms with Crippen LogP contribution in [0.3, 0.4) is 0 Å². The highest BCUT2D eigenvalue weighted by Crippen LogP contribution is 2.24. The minimum absolute atomic E-state index is 0.0637. The third-order valence-corrected chi connectivity index (χ3v) is 3.37. The lowest BCUT2D eigenvalue weighted by Crippen LogP contribution is -2.27. The predicted molar refractivity (Wildman–Crippen MR) is 75.7 cm³/mol. The van der Waals surface area contributed by atoms with Crippen LogP contribution in [-0.4, -0.2) is 24.2 Å². The topological polar surface area (TPSA) is 34.1 Å². The van der Waals surface area contributed by atoms with Gasteiger partial charge in [0.2, 0.25) is 0 Å². The van der Waals surface area contributed by atoms with Crippen molar-refractivity contribution in [2.75, 3.05) is 13.7 Å². The van der Waals surface area contributed by atoms with E-state index in [0.29, 0.717) is 6.04 Å². The fourth-order valence-electron chi connectivity index (χ4n) is 1.91. The molecule has 3 heteroatoms. The molecule has 0 radical (unpaired) electrons. The fraction of sp³-hybridized carbons (Fsp3) is 0.667. The molecule has 0 aliphatic heterocycles. The van der Waals surface area contributed by atoms with E-state index in [9.17, 15) is 0 Å². The SMILES string of the molecule is CCNC(CCC(C)(C)OC)c1ccc(C)nc1. The quantitative estimate of drug-likeness (QED) is 0.806. The second-order valence-corrected chi connectivity index (χ2v) is 5.35. The summed E-state index contributed by atoms with van der Waals surface area (Å²) < 4.78 is 5.48.